The highest BCUT2D eigenvalue weighted by molar-refractivity contribution is 5.98. The van der Waals surface area contributed by atoms with Crippen molar-refractivity contribution in [1.29, 1.82) is 0 Å². The van der Waals surface area contributed by atoms with E-state index in [-0.39, 0.29) is 23.8 Å². The highest BCUT2D eigenvalue weighted by Crippen LogP contribution is 2.31. The van der Waals surface area contributed by atoms with Crippen LogP contribution in [0, 0.1) is 5.92 Å². The lowest BCUT2D eigenvalue weighted by Gasteiger charge is -2.36. The van der Waals surface area contributed by atoms with E-state index >= 15 is 0 Å². The maximum Gasteiger partial charge on any atom is 0.258 e. The lowest BCUT2D eigenvalue weighted by molar-refractivity contribution is -0.123. The third-order valence-corrected chi connectivity index (χ3v) is 4.32. The number of ether oxygens (including phenoxy) is 1. The van der Waals surface area contributed by atoms with E-state index < -0.39 is 0 Å². The van der Waals surface area contributed by atoms with Gasteiger partial charge in [-0.15, -0.1) is 0 Å². The molecule has 1 aromatic rings. The number of rotatable bonds is 2. The first-order valence-corrected chi connectivity index (χ1v) is 7.14. The standard InChI is InChI=1S/C15H19N3O3/c1-21-13-5-4-9(16)7-11(13)15(20)18-6-2-3-10-12(18)8-17-14(10)19/h4-5,7,10,12H,2-3,6,8,16H2,1H3,(H,17,19). The largest absolute Gasteiger partial charge is 0.496 e. The summed E-state index contributed by atoms with van der Waals surface area (Å²) in [6, 6.07) is 4.97. The highest BCUT2D eigenvalue weighted by Gasteiger charge is 2.43. The summed E-state index contributed by atoms with van der Waals surface area (Å²) in [4.78, 5) is 26.4. The number of carbonyl (C=O) groups excluding carboxylic acids is 2. The Morgan fingerprint density at radius 1 is 1.48 bits per heavy atom. The maximum absolute atomic E-state index is 12.8. The van der Waals surface area contributed by atoms with Crippen LogP contribution >= 0.6 is 0 Å². The molecule has 2 aliphatic heterocycles. The van der Waals surface area contributed by atoms with E-state index in [0.717, 1.165) is 12.8 Å². The average Bonchev–Trinajstić information content (AvgIpc) is 2.88. The fourth-order valence-electron chi connectivity index (χ4n) is 3.25. The normalized spacial score (nSPS) is 24.4. The third-order valence-electron chi connectivity index (χ3n) is 4.32. The number of carbonyl (C=O) groups is 2. The van der Waals surface area contributed by atoms with Crippen LogP contribution in [0.2, 0.25) is 0 Å². The number of amides is 2. The number of hydrogen-bond acceptors (Lipinski definition) is 4. The molecule has 2 heterocycles. The molecule has 3 rings (SSSR count). The monoisotopic (exact) mass is 289 g/mol. The Kier molecular flexibility index (Phi) is 3.45. The molecule has 0 aliphatic carbocycles. The second-order valence-corrected chi connectivity index (χ2v) is 5.52. The number of anilines is 1. The molecule has 3 N–H and O–H groups in total. The zero-order valence-electron chi connectivity index (χ0n) is 12.0. The van der Waals surface area contributed by atoms with Crippen molar-refractivity contribution in [2.24, 2.45) is 5.92 Å². The molecule has 1 aromatic carbocycles. The van der Waals surface area contributed by atoms with Gasteiger partial charge in [0.25, 0.3) is 5.91 Å². The molecule has 0 spiro atoms. The number of nitrogens with one attached hydrogen (secondary N) is 1. The lowest BCUT2D eigenvalue weighted by atomic mass is 9.91. The van der Waals surface area contributed by atoms with Gasteiger partial charge in [0.05, 0.1) is 24.6 Å². The van der Waals surface area contributed by atoms with E-state index in [4.69, 9.17) is 10.5 Å². The predicted octanol–water partition coefficient (Wildman–Crippen LogP) is 0.628. The maximum atomic E-state index is 12.8. The van der Waals surface area contributed by atoms with Crippen LogP contribution in [-0.4, -0.2) is 43.0 Å². The topological polar surface area (TPSA) is 84.7 Å². The van der Waals surface area contributed by atoms with E-state index in [1.54, 1.807) is 23.1 Å². The fraction of sp³-hybridized carbons (Fsp3) is 0.467. The van der Waals surface area contributed by atoms with Gasteiger partial charge < -0.3 is 20.7 Å². The number of likely N-dealkylation sites (tertiary alicyclic amines) is 1. The molecule has 21 heavy (non-hydrogen) atoms. The zero-order valence-corrected chi connectivity index (χ0v) is 12.0. The van der Waals surface area contributed by atoms with E-state index in [9.17, 15) is 9.59 Å². The Labute approximate surface area is 123 Å². The molecule has 6 heteroatoms. The predicted molar refractivity (Wildman–Crippen MR) is 78.0 cm³/mol. The summed E-state index contributed by atoms with van der Waals surface area (Å²) in [6.07, 6.45) is 1.68. The minimum absolute atomic E-state index is 0.0528. The first kappa shape index (κ1) is 13.7. The van der Waals surface area contributed by atoms with Crippen molar-refractivity contribution >= 4 is 17.5 Å². The third kappa shape index (κ3) is 2.30. The molecule has 2 fully saturated rings. The van der Waals surface area contributed by atoms with Crippen LogP contribution in [0.1, 0.15) is 23.2 Å². The summed E-state index contributed by atoms with van der Waals surface area (Å²) >= 11 is 0. The van der Waals surface area contributed by atoms with Gasteiger partial charge in [-0.2, -0.15) is 0 Å². The van der Waals surface area contributed by atoms with Crippen LogP contribution in [0.4, 0.5) is 5.69 Å². The van der Waals surface area contributed by atoms with Gasteiger partial charge in [0, 0.05) is 18.8 Å². The molecular weight excluding hydrogens is 270 g/mol. The van der Waals surface area contributed by atoms with E-state index in [2.05, 4.69) is 5.32 Å². The molecule has 112 valence electrons. The van der Waals surface area contributed by atoms with Gasteiger partial charge in [-0.1, -0.05) is 0 Å². The molecular formula is C15H19N3O3. The summed E-state index contributed by atoms with van der Waals surface area (Å²) in [6.45, 7) is 1.19. The highest BCUT2D eigenvalue weighted by atomic mass is 16.5. The molecule has 0 bridgehead atoms. The SMILES string of the molecule is COc1ccc(N)cc1C(=O)N1CCCC2C(=O)NCC21. The molecule has 2 aliphatic rings. The fourth-order valence-corrected chi connectivity index (χ4v) is 3.25. The summed E-state index contributed by atoms with van der Waals surface area (Å²) in [5, 5.41) is 2.85. The summed E-state index contributed by atoms with van der Waals surface area (Å²) in [7, 11) is 1.53. The molecule has 2 amide bonds. The van der Waals surface area contributed by atoms with Crippen LogP contribution in [0.15, 0.2) is 18.2 Å². The zero-order chi connectivity index (χ0) is 15.0. The molecule has 0 saturated carbocycles. The van der Waals surface area contributed by atoms with Gasteiger partial charge in [-0.05, 0) is 31.0 Å². The van der Waals surface area contributed by atoms with E-state index in [1.165, 1.54) is 7.11 Å². The minimum Gasteiger partial charge on any atom is -0.496 e. The van der Waals surface area contributed by atoms with Crippen molar-refractivity contribution in [2.45, 2.75) is 18.9 Å². The van der Waals surface area contributed by atoms with Gasteiger partial charge in [0.1, 0.15) is 5.75 Å². The van der Waals surface area contributed by atoms with Crippen molar-refractivity contribution in [3.05, 3.63) is 23.8 Å². The minimum atomic E-state index is -0.120. The van der Waals surface area contributed by atoms with E-state index in [1.807, 2.05) is 0 Å². The molecule has 2 unspecified atom stereocenters. The quantitative estimate of drug-likeness (QED) is 0.782. The number of nitrogen functional groups attached to an aromatic ring is 1. The number of fused-ring (bicyclic) bond motifs is 1. The Hall–Kier alpha value is -2.24. The molecule has 0 radical (unpaired) electrons. The van der Waals surface area contributed by atoms with Crippen molar-refractivity contribution in [3.63, 3.8) is 0 Å². The second kappa shape index (κ2) is 5.27. The number of nitrogens with two attached hydrogens (primary N) is 1. The Morgan fingerprint density at radius 3 is 3.05 bits per heavy atom. The van der Waals surface area contributed by atoms with Crippen LogP contribution in [0.5, 0.6) is 5.75 Å². The summed E-state index contributed by atoms with van der Waals surface area (Å²) < 4.78 is 5.26. The smallest absolute Gasteiger partial charge is 0.258 e. The van der Waals surface area contributed by atoms with Crippen molar-refractivity contribution < 1.29 is 14.3 Å². The number of benzene rings is 1. The van der Waals surface area contributed by atoms with Gasteiger partial charge in [0.2, 0.25) is 5.91 Å². The Morgan fingerprint density at radius 2 is 2.29 bits per heavy atom. The van der Waals surface area contributed by atoms with Gasteiger partial charge in [0.15, 0.2) is 0 Å². The molecule has 0 aromatic heterocycles. The first-order valence-electron chi connectivity index (χ1n) is 7.14. The van der Waals surface area contributed by atoms with E-state index in [0.29, 0.717) is 30.1 Å². The van der Waals surface area contributed by atoms with Gasteiger partial charge >= 0.3 is 0 Å². The van der Waals surface area contributed by atoms with Gasteiger partial charge in [-0.3, -0.25) is 9.59 Å². The summed E-state index contributed by atoms with van der Waals surface area (Å²) in [5.41, 5.74) is 6.76. The van der Waals surface area contributed by atoms with Crippen molar-refractivity contribution in [3.8, 4) is 5.75 Å². The number of nitrogens with zero attached hydrogens (tertiary/aromatic N) is 1. The van der Waals surface area contributed by atoms with Gasteiger partial charge in [-0.25, -0.2) is 0 Å². The van der Waals surface area contributed by atoms with Crippen LogP contribution in [-0.2, 0) is 4.79 Å². The number of piperidine rings is 1. The van der Waals surface area contributed by atoms with Crippen molar-refractivity contribution in [2.75, 3.05) is 25.9 Å². The molecule has 2 saturated heterocycles. The second-order valence-electron chi connectivity index (χ2n) is 5.52. The Bertz CT molecular complexity index is 588. The van der Waals surface area contributed by atoms with Crippen LogP contribution in [0.3, 0.4) is 0 Å². The van der Waals surface area contributed by atoms with Crippen LogP contribution in [0.25, 0.3) is 0 Å². The summed E-state index contributed by atoms with van der Waals surface area (Å²) in [5.74, 6) is 0.353. The van der Waals surface area contributed by atoms with Crippen LogP contribution < -0.4 is 15.8 Å². The number of hydrogen-bond donors (Lipinski definition) is 2. The Balaban J connectivity index is 1.91. The average molecular weight is 289 g/mol. The molecule has 6 nitrogen and oxygen atoms in total. The molecule has 2 atom stereocenters. The van der Waals surface area contributed by atoms with Crippen molar-refractivity contribution in [1.82, 2.24) is 10.2 Å². The number of methoxy groups -OCH3 is 1. The lowest BCUT2D eigenvalue weighted by Crippen LogP contribution is -2.48. The first-order chi connectivity index (χ1) is 10.1.